The van der Waals surface area contributed by atoms with Crippen molar-refractivity contribution in [2.45, 2.75) is 55.4 Å². The van der Waals surface area contributed by atoms with E-state index < -0.39 is 20.2 Å². The number of morpholine rings is 1. The summed E-state index contributed by atoms with van der Waals surface area (Å²) in [5, 5.41) is 0.618. The summed E-state index contributed by atoms with van der Waals surface area (Å²) < 4.78 is 63.1. The lowest BCUT2D eigenvalue weighted by molar-refractivity contribution is -0.164. The minimum absolute atomic E-state index is 0.0166. The molecule has 0 spiro atoms. The van der Waals surface area contributed by atoms with Crippen LogP contribution in [-0.2, 0) is 25.0 Å². The zero-order valence-corrected chi connectivity index (χ0v) is 21.6. The molecule has 5 heterocycles. The third-order valence-corrected chi connectivity index (χ3v) is 10.7. The molecule has 3 aromatic rings. The highest BCUT2D eigenvalue weighted by molar-refractivity contribution is 7.90. The Labute approximate surface area is 210 Å². The van der Waals surface area contributed by atoms with Gasteiger partial charge in [0.1, 0.15) is 12.1 Å². The van der Waals surface area contributed by atoms with Crippen LogP contribution in [-0.4, -0.2) is 79.5 Å². The van der Waals surface area contributed by atoms with E-state index in [1.165, 1.54) is 20.8 Å². The molecule has 2 atom stereocenters. The summed E-state index contributed by atoms with van der Waals surface area (Å²) in [6, 6.07) is 8.29. The Balaban J connectivity index is 1.17. The number of aromatic nitrogens is 3. The first-order chi connectivity index (χ1) is 17.1. The fourth-order valence-corrected chi connectivity index (χ4v) is 7.98. The van der Waals surface area contributed by atoms with Gasteiger partial charge < -0.3 is 9.64 Å². The number of rotatable bonds is 7. The third-order valence-electron chi connectivity index (χ3n) is 7.38. The molecule has 7 rings (SSSR count). The van der Waals surface area contributed by atoms with Crippen molar-refractivity contribution in [1.29, 1.82) is 0 Å². The van der Waals surface area contributed by atoms with E-state index in [0.717, 1.165) is 12.0 Å². The van der Waals surface area contributed by atoms with Gasteiger partial charge in [0.05, 0.1) is 22.5 Å². The molecule has 36 heavy (non-hydrogen) atoms. The van der Waals surface area contributed by atoms with Crippen molar-refractivity contribution >= 4 is 37.1 Å². The van der Waals surface area contributed by atoms with Gasteiger partial charge >= 0.3 is 0 Å². The number of hydrogen-bond donors (Lipinski definition) is 1. The van der Waals surface area contributed by atoms with Crippen LogP contribution in [0.4, 0.5) is 5.82 Å². The van der Waals surface area contributed by atoms with Crippen molar-refractivity contribution in [2.24, 2.45) is 0 Å². The van der Waals surface area contributed by atoms with Crippen molar-refractivity contribution in [3.8, 4) is 0 Å². The number of nitrogens with one attached hydrogen (secondary N) is 1. The van der Waals surface area contributed by atoms with Crippen molar-refractivity contribution in [3.63, 3.8) is 0 Å². The number of nitrogens with zero attached hydrogens (tertiary/aromatic N) is 5. The van der Waals surface area contributed by atoms with Gasteiger partial charge in [-0.25, -0.2) is 22.4 Å². The molecule has 1 saturated carbocycles. The molecule has 11 nitrogen and oxygen atoms in total. The van der Waals surface area contributed by atoms with Crippen LogP contribution in [0.1, 0.15) is 24.8 Å². The maximum atomic E-state index is 13.2. The molecule has 3 saturated heterocycles. The smallest absolute Gasteiger partial charge is 0.279 e. The fraction of sp³-hybridized carbons (Fsp3) is 0.478. The Morgan fingerprint density at radius 1 is 1.00 bits per heavy atom. The summed E-state index contributed by atoms with van der Waals surface area (Å²) in [6.07, 6.45) is 5.07. The van der Waals surface area contributed by atoms with E-state index in [2.05, 4.69) is 14.7 Å². The average molecular weight is 533 g/mol. The topological polar surface area (TPSA) is 127 Å². The van der Waals surface area contributed by atoms with E-state index in [0.29, 0.717) is 42.8 Å². The molecule has 3 aliphatic heterocycles. The van der Waals surface area contributed by atoms with Gasteiger partial charge in [-0.3, -0.25) is 0 Å². The lowest BCUT2D eigenvalue weighted by atomic mass is 9.86. The number of benzene rings is 1. The van der Waals surface area contributed by atoms with E-state index >= 15 is 0 Å². The average Bonchev–Trinajstić information content (AvgIpc) is 3.26. The Kier molecular flexibility index (Phi) is 5.61. The van der Waals surface area contributed by atoms with Crippen LogP contribution in [0, 0.1) is 6.92 Å². The first kappa shape index (κ1) is 23.8. The molecule has 0 radical (unpaired) electrons. The van der Waals surface area contributed by atoms with Gasteiger partial charge in [0.15, 0.2) is 5.65 Å². The fourth-order valence-electron chi connectivity index (χ4n) is 5.19. The van der Waals surface area contributed by atoms with Crippen LogP contribution >= 0.6 is 0 Å². The zero-order valence-electron chi connectivity index (χ0n) is 20.0. The largest absolute Gasteiger partial charge is 0.372 e. The number of hydrogen-bond acceptors (Lipinski definition) is 8. The first-order valence-electron chi connectivity index (χ1n) is 11.9. The highest BCUT2D eigenvalue weighted by Crippen LogP contribution is 2.34. The molecule has 2 bridgehead atoms. The molecule has 1 aromatic carbocycles. The minimum Gasteiger partial charge on any atom is -0.372 e. The zero-order chi connectivity index (χ0) is 25.2. The second kappa shape index (κ2) is 8.48. The highest BCUT2D eigenvalue weighted by Gasteiger charge is 2.44. The predicted octanol–water partition coefficient (Wildman–Crippen LogP) is 1.25. The van der Waals surface area contributed by atoms with E-state index in [1.807, 2.05) is 18.9 Å². The van der Waals surface area contributed by atoms with Gasteiger partial charge in [-0.1, -0.05) is 17.7 Å². The maximum Gasteiger partial charge on any atom is 0.279 e. The molecule has 0 amide bonds. The Hall–Kier alpha value is -2.58. The van der Waals surface area contributed by atoms with Crippen LogP contribution < -0.4 is 9.62 Å². The maximum absolute atomic E-state index is 13.2. The Bertz CT molecular complexity index is 1500. The van der Waals surface area contributed by atoms with Gasteiger partial charge in [-0.15, -0.1) is 0 Å². The van der Waals surface area contributed by atoms with Gasteiger partial charge in [0.25, 0.3) is 20.2 Å². The SMILES string of the molecule is Cc1ccc(S(=O)(=O)n2ccc3c(N(C)C4CC(NS(=O)(=O)N5C[C@H]6C[C@@H](C5)O6)C4)ncnc32)cc1. The standard InChI is InChI=1S/C23H28N6O5S2/c1-15-3-5-20(6-4-15)35(30,31)29-8-7-21-22(24-14-25-23(21)29)27(2)17-9-16(10-17)26-36(32,33)28-12-18-11-19(13-28)34-18/h3-8,14,16-19,26H,9-13H2,1-2H3/t16?,17?,18-,19+. The van der Waals surface area contributed by atoms with Crippen LogP contribution in [0.2, 0.25) is 0 Å². The van der Waals surface area contributed by atoms with E-state index in [-0.39, 0.29) is 29.2 Å². The molecule has 1 aliphatic carbocycles. The van der Waals surface area contributed by atoms with Crippen LogP contribution in [0.25, 0.3) is 11.0 Å². The molecule has 192 valence electrons. The van der Waals surface area contributed by atoms with Crippen molar-refractivity contribution in [2.75, 3.05) is 25.0 Å². The molecule has 1 N–H and O–H groups in total. The summed E-state index contributed by atoms with van der Waals surface area (Å²) in [4.78, 5) is 10.8. The lowest BCUT2D eigenvalue weighted by Gasteiger charge is -2.47. The summed E-state index contributed by atoms with van der Waals surface area (Å²) in [5.74, 6) is 0.609. The molecular weight excluding hydrogens is 504 g/mol. The van der Waals surface area contributed by atoms with Gasteiger partial charge in [-0.05, 0) is 38.0 Å². The number of aryl methyl sites for hydroxylation is 1. The second-order valence-electron chi connectivity index (χ2n) is 9.85. The van der Waals surface area contributed by atoms with E-state index in [4.69, 9.17) is 4.74 Å². The van der Waals surface area contributed by atoms with E-state index in [9.17, 15) is 16.8 Å². The third kappa shape index (κ3) is 3.98. The van der Waals surface area contributed by atoms with Crippen molar-refractivity contribution in [1.82, 2.24) is 23.0 Å². The first-order valence-corrected chi connectivity index (χ1v) is 14.8. The number of anilines is 1. The summed E-state index contributed by atoms with van der Waals surface area (Å²) in [5.41, 5.74) is 1.27. The van der Waals surface area contributed by atoms with Crippen molar-refractivity contribution < 1.29 is 21.6 Å². The van der Waals surface area contributed by atoms with Crippen LogP contribution in [0.3, 0.4) is 0 Å². The van der Waals surface area contributed by atoms with Gasteiger partial charge in [0, 0.05) is 44.8 Å². The lowest BCUT2D eigenvalue weighted by Crippen LogP contribution is -2.62. The molecule has 4 fully saturated rings. The molecular formula is C23H28N6O5S2. The van der Waals surface area contributed by atoms with E-state index in [1.54, 1.807) is 30.3 Å². The Morgan fingerprint density at radius 2 is 1.67 bits per heavy atom. The number of ether oxygens (including phenoxy) is 1. The number of fused-ring (bicyclic) bond motifs is 3. The highest BCUT2D eigenvalue weighted by atomic mass is 32.2. The minimum atomic E-state index is -3.82. The molecule has 13 heteroatoms. The van der Waals surface area contributed by atoms with Crippen molar-refractivity contribution in [3.05, 3.63) is 48.4 Å². The summed E-state index contributed by atoms with van der Waals surface area (Å²) >= 11 is 0. The summed E-state index contributed by atoms with van der Waals surface area (Å²) in [6.45, 7) is 2.71. The monoisotopic (exact) mass is 532 g/mol. The van der Waals surface area contributed by atoms with Gasteiger partial charge in [0.2, 0.25) is 0 Å². The van der Waals surface area contributed by atoms with Gasteiger partial charge in [-0.2, -0.15) is 17.4 Å². The van der Waals surface area contributed by atoms with Crippen LogP contribution in [0.15, 0.2) is 47.8 Å². The molecule has 0 unspecified atom stereocenters. The predicted molar refractivity (Wildman–Crippen MR) is 133 cm³/mol. The quantitative estimate of drug-likeness (QED) is 0.482. The van der Waals surface area contributed by atoms with Crippen LogP contribution in [0.5, 0.6) is 0 Å². The number of piperidine rings is 1. The molecule has 2 aromatic heterocycles. The second-order valence-corrected chi connectivity index (χ2v) is 13.4. The summed E-state index contributed by atoms with van der Waals surface area (Å²) in [7, 11) is -5.48. The normalized spacial score (nSPS) is 26.4. The molecule has 4 aliphatic rings. The Morgan fingerprint density at radius 3 is 2.33 bits per heavy atom.